The Bertz CT molecular complexity index is 1260. The van der Waals surface area contributed by atoms with E-state index in [1.807, 2.05) is 37.3 Å². The number of anilines is 1. The lowest BCUT2D eigenvalue weighted by Gasteiger charge is -2.31. The van der Waals surface area contributed by atoms with Crippen molar-refractivity contribution in [2.24, 2.45) is 17.2 Å². The molecule has 2 aliphatic rings. The first kappa shape index (κ1) is 32.4. The maximum Gasteiger partial charge on any atom is 0.492 e. The van der Waals surface area contributed by atoms with Crippen molar-refractivity contribution >= 4 is 58.6 Å². The van der Waals surface area contributed by atoms with E-state index in [1.165, 1.54) is 0 Å². The fourth-order valence-corrected chi connectivity index (χ4v) is 6.30. The fraction of sp³-hybridized carbons (Fsp3) is 0.483. The maximum absolute atomic E-state index is 13.4. The van der Waals surface area contributed by atoms with Crippen LogP contribution < -0.4 is 38.6 Å². The van der Waals surface area contributed by atoms with E-state index in [4.69, 9.17) is 21.9 Å². The van der Waals surface area contributed by atoms with Crippen molar-refractivity contribution in [3.8, 4) is 0 Å². The van der Waals surface area contributed by atoms with Gasteiger partial charge in [-0.25, -0.2) is 0 Å². The molecule has 6 atom stereocenters. The number of rotatable bonds is 11. The molecule has 10 N–H and O–H groups in total. The van der Waals surface area contributed by atoms with Crippen molar-refractivity contribution in [1.82, 2.24) is 10.6 Å². The predicted molar refractivity (Wildman–Crippen MR) is 171 cm³/mol. The highest BCUT2D eigenvalue weighted by Crippen LogP contribution is 2.37. The Hall–Kier alpha value is -2.56. The molecule has 1 saturated carbocycles. The predicted octanol–water partition coefficient (Wildman–Crippen LogP) is 0.499. The van der Waals surface area contributed by atoms with Gasteiger partial charge in [-0.05, 0) is 96.8 Å². The highest BCUT2D eigenvalue weighted by Gasteiger charge is 2.42. The van der Waals surface area contributed by atoms with Crippen LogP contribution in [0, 0.1) is 0 Å². The molecule has 1 heterocycles. The number of nitrogens with one attached hydrogen (secondary N) is 3. The third-order valence-corrected chi connectivity index (χ3v) is 8.60. The van der Waals surface area contributed by atoms with E-state index in [0.717, 1.165) is 17.5 Å². The quantitative estimate of drug-likeness (QED) is 0.101. The van der Waals surface area contributed by atoms with Crippen molar-refractivity contribution in [2.45, 2.75) is 85.7 Å². The van der Waals surface area contributed by atoms with Gasteiger partial charge < -0.3 is 42.8 Å². The van der Waals surface area contributed by atoms with E-state index in [2.05, 4.69) is 38.5 Å². The van der Waals surface area contributed by atoms with E-state index in [9.17, 15) is 19.4 Å². The van der Waals surface area contributed by atoms with Crippen molar-refractivity contribution in [3.05, 3.63) is 59.7 Å². The summed E-state index contributed by atoms with van der Waals surface area (Å²) in [6.07, 6.45) is 3.12. The summed E-state index contributed by atoms with van der Waals surface area (Å²) in [5, 5.41) is 18.9. The Morgan fingerprint density at radius 2 is 1.76 bits per heavy atom. The smallest absolute Gasteiger partial charge is 0.423 e. The fourth-order valence-electron chi connectivity index (χ4n) is 5.56. The van der Waals surface area contributed by atoms with Gasteiger partial charge in [0.05, 0.1) is 6.04 Å². The van der Waals surface area contributed by atoms with Gasteiger partial charge in [-0.1, -0.05) is 36.4 Å². The summed E-state index contributed by atoms with van der Waals surface area (Å²) in [5.74, 6) is -1.15. The highest BCUT2D eigenvalue weighted by molar-refractivity contribution is 14.1. The molecule has 0 bridgehead atoms. The number of alkyl halides is 1. The van der Waals surface area contributed by atoms with Crippen LogP contribution in [0.3, 0.4) is 0 Å². The first-order valence-electron chi connectivity index (χ1n) is 14.3. The number of amides is 3. The van der Waals surface area contributed by atoms with Gasteiger partial charge in [-0.15, -0.1) is 0 Å². The Labute approximate surface area is 260 Å². The Kier molecular flexibility index (Phi) is 11.0. The second-order valence-electron chi connectivity index (χ2n) is 11.4. The van der Waals surface area contributed by atoms with Gasteiger partial charge in [-0.2, -0.15) is 0 Å². The van der Waals surface area contributed by atoms with Crippen LogP contribution in [0.4, 0.5) is 5.69 Å². The standard InChI is InChI=1S/C29H40BIN6O5/c1-29(31)22-9-8-20(16-23(22)30(41)42-29)36-28(40)25(11-7-17-5-3-2-4-6-17)37-27(39)24(34)10-12-26(38)35-21-14-18(32)13-19(33)15-21/h2-6,8-9,16,18-19,21,24-25,41H,7,10-15,32-34H2,1H3,(H,35,38)(H,36,40)(H,37,39)/t18-,19+,21?,24-,25+,29?/m0/s1. The molecule has 226 valence electrons. The number of hydrogen-bond acceptors (Lipinski definition) is 8. The van der Waals surface area contributed by atoms with Crippen LogP contribution in [-0.4, -0.2) is 60.1 Å². The summed E-state index contributed by atoms with van der Waals surface area (Å²) < 4.78 is 4.93. The minimum atomic E-state index is -1.10. The molecule has 2 aromatic carbocycles. The summed E-state index contributed by atoms with van der Waals surface area (Å²) in [7, 11) is -1.10. The van der Waals surface area contributed by atoms with Crippen molar-refractivity contribution in [3.63, 3.8) is 0 Å². The third-order valence-electron chi connectivity index (χ3n) is 7.76. The normalized spacial score (nSPS) is 24.8. The van der Waals surface area contributed by atoms with E-state index in [0.29, 0.717) is 36.8 Å². The van der Waals surface area contributed by atoms with Crippen LogP contribution >= 0.6 is 22.6 Å². The van der Waals surface area contributed by atoms with Crippen molar-refractivity contribution < 1.29 is 24.1 Å². The van der Waals surface area contributed by atoms with Crippen LogP contribution in [0.15, 0.2) is 48.5 Å². The molecule has 11 nitrogen and oxygen atoms in total. The Morgan fingerprint density at radius 3 is 2.45 bits per heavy atom. The van der Waals surface area contributed by atoms with Gasteiger partial charge in [0.15, 0.2) is 0 Å². The summed E-state index contributed by atoms with van der Waals surface area (Å²) in [5.41, 5.74) is 21.1. The monoisotopic (exact) mass is 690 g/mol. The average molecular weight is 690 g/mol. The molecule has 4 rings (SSSR count). The van der Waals surface area contributed by atoms with Gasteiger partial charge in [-0.3, -0.25) is 14.4 Å². The molecular formula is C29H40BIN6O5. The van der Waals surface area contributed by atoms with Crippen LogP contribution in [0.1, 0.15) is 56.6 Å². The SMILES string of the molecule is CC1(I)OB(O)c2cc(NC(=O)[C@@H](CCc3ccccc3)NC(=O)[C@@H](N)CCC(=O)NC3C[C@@H](N)C[C@@H](N)C3)ccc21. The van der Waals surface area contributed by atoms with Gasteiger partial charge in [0.2, 0.25) is 17.7 Å². The van der Waals surface area contributed by atoms with Crippen molar-refractivity contribution in [2.75, 3.05) is 5.32 Å². The number of nitrogens with two attached hydrogens (primary N) is 3. The minimum absolute atomic E-state index is 0.0484. The lowest BCUT2D eigenvalue weighted by molar-refractivity contribution is -0.128. The molecular weight excluding hydrogens is 650 g/mol. The number of carbonyl (C=O) groups is 3. The maximum atomic E-state index is 13.4. The molecule has 0 aromatic heterocycles. The van der Waals surface area contributed by atoms with Crippen LogP contribution in [-0.2, 0) is 29.1 Å². The van der Waals surface area contributed by atoms with Gasteiger partial charge in [0, 0.05) is 30.2 Å². The van der Waals surface area contributed by atoms with Crippen LogP contribution in [0.2, 0.25) is 0 Å². The molecule has 2 aromatic rings. The van der Waals surface area contributed by atoms with E-state index < -0.39 is 34.6 Å². The number of fused-ring (bicyclic) bond motifs is 1. The van der Waals surface area contributed by atoms with E-state index in [-0.39, 0.29) is 36.9 Å². The van der Waals surface area contributed by atoms with E-state index in [1.54, 1.807) is 18.2 Å². The third kappa shape index (κ3) is 8.74. The number of carbonyl (C=O) groups excluding carboxylic acids is 3. The highest BCUT2D eigenvalue weighted by atomic mass is 127. The summed E-state index contributed by atoms with van der Waals surface area (Å²) in [6.45, 7) is 1.85. The second-order valence-corrected chi connectivity index (χ2v) is 13.5. The number of halogens is 1. The second kappa shape index (κ2) is 14.3. The lowest BCUT2D eigenvalue weighted by Crippen LogP contribution is -2.51. The zero-order chi connectivity index (χ0) is 30.4. The van der Waals surface area contributed by atoms with Gasteiger partial charge >= 0.3 is 7.12 Å². The molecule has 1 aliphatic carbocycles. The first-order valence-corrected chi connectivity index (χ1v) is 15.4. The topological polar surface area (TPSA) is 195 Å². The van der Waals surface area contributed by atoms with Crippen LogP contribution in [0.25, 0.3) is 0 Å². The Balaban J connectivity index is 1.36. The molecule has 42 heavy (non-hydrogen) atoms. The van der Waals surface area contributed by atoms with Gasteiger partial charge in [0.25, 0.3) is 0 Å². The molecule has 0 radical (unpaired) electrons. The lowest BCUT2D eigenvalue weighted by atomic mass is 9.79. The molecule has 1 aliphatic heterocycles. The minimum Gasteiger partial charge on any atom is -0.423 e. The zero-order valence-corrected chi connectivity index (χ0v) is 25.9. The average Bonchev–Trinajstić information content (AvgIpc) is 3.16. The molecule has 0 saturated heterocycles. The summed E-state index contributed by atoms with van der Waals surface area (Å²) in [4.78, 5) is 39.0. The van der Waals surface area contributed by atoms with Crippen LogP contribution in [0.5, 0.6) is 0 Å². The number of benzene rings is 2. The summed E-state index contributed by atoms with van der Waals surface area (Å²) >= 11 is 2.12. The number of hydrogen-bond donors (Lipinski definition) is 7. The largest absolute Gasteiger partial charge is 0.492 e. The number of aryl methyl sites for hydroxylation is 1. The molecule has 13 heteroatoms. The molecule has 3 amide bonds. The van der Waals surface area contributed by atoms with Crippen molar-refractivity contribution in [1.29, 1.82) is 0 Å². The van der Waals surface area contributed by atoms with E-state index >= 15 is 0 Å². The molecule has 0 spiro atoms. The van der Waals surface area contributed by atoms with Gasteiger partial charge in [0.1, 0.15) is 9.65 Å². The first-order chi connectivity index (χ1) is 19.9. The molecule has 1 fully saturated rings. The Morgan fingerprint density at radius 1 is 1.07 bits per heavy atom. The summed E-state index contributed by atoms with van der Waals surface area (Å²) in [6, 6.07) is 12.8. The molecule has 2 unspecified atom stereocenters. The zero-order valence-electron chi connectivity index (χ0n) is 23.7.